The number of rotatable bonds is 4. The molecule has 1 saturated carbocycles. The van der Waals surface area contributed by atoms with Gasteiger partial charge in [-0.1, -0.05) is 13.8 Å². The molecule has 1 fully saturated rings. The zero-order chi connectivity index (χ0) is 15.1. The number of hydrogen-bond acceptors (Lipinski definition) is 2. The molecule has 2 N–H and O–H groups in total. The minimum absolute atomic E-state index is 0.262. The molecule has 0 unspecified atom stereocenters. The van der Waals surface area contributed by atoms with Crippen molar-refractivity contribution in [2.75, 3.05) is 5.73 Å². The Morgan fingerprint density at radius 1 is 1.33 bits per heavy atom. The Kier molecular flexibility index (Phi) is 3.43. The third-order valence-electron chi connectivity index (χ3n) is 3.71. The van der Waals surface area contributed by atoms with Gasteiger partial charge in [0, 0.05) is 24.1 Å². The summed E-state index contributed by atoms with van der Waals surface area (Å²) in [4.78, 5) is 4.56. The minimum atomic E-state index is -0.627. The number of imidazole rings is 1. The van der Waals surface area contributed by atoms with Crippen molar-refractivity contribution < 1.29 is 8.78 Å². The van der Waals surface area contributed by atoms with Crippen LogP contribution in [0.4, 0.5) is 14.6 Å². The van der Waals surface area contributed by atoms with E-state index >= 15 is 0 Å². The van der Waals surface area contributed by atoms with E-state index in [-0.39, 0.29) is 5.56 Å². The molecule has 1 aliphatic carbocycles. The molecule has 1 aromatic heterocycles. The van der Waals surface area contributed by atoms with Gasteiger partial charge in [-0.2, -0.15) is 0 Å². The molecule has 0 aliphatic heterocycles. The monoisotopic (exact) mass is 291 g/mol. The number of halogens is 2. The predicted octanol–water partition coefficient (Wildman–Crippen LogP) is 3.94. The van der Waals surface area contributed by atoms with Gasteiger partial charge in [0.2, 0.25) is 0 Å². The van der Waals surface area contributed by atoms with Crippen LogP contribution in [-0.2, 0) is 6.54 Å². The number of aromatic nitrogens is 2. The lowest BCUT2D eigenvalue weighted by atomic mass is 10.1. The van der Waals surface area contributed by atoms with Crippen LogP contribution in [0.5, 0.6) is 0 Å². The maximum absolute atomic E-state index is 14.0. The number of anilines is 1. The molecule has 5 heteroatoms. The molecular formula is C16H19F2N3. The fourth-order valence-corrected chi connectivity index (χ4v) is 2.57. The van der Waals surface area contributed by atoms with E-state index in [2.05, 4.69) is 18.8 Å². The van der Waals surface area contributed by atoms with Crippen LogP contribution < -0.4 is 5.73 Å². The van der Waals surface area contributed by atoms with Gasteiger partial charge in [0.05, 0.1) is 0 Å². The van der Waals surface area contributed by atoms with Crippen LogP contribution in [-0.4, -0.2) is 9.55 Å². The van der Waals surface area contributed by atoms with Crippen molar-refractivity contribution in [3.63, 3.8) is 0 Å². The predicted molar refractivity (Wildman–Crippen MR) is 78.8 cm³/mol. The van der Waals surface area contributed by atoms with Crippen LogP contribution in [0.2, 0.25) is 0 Å². The standard InChI is InChI=1S/C16H19F2N3/c1-9(2)8-21-15(19)14(20-16(21)10-3-4-10)12-6-5-11(17)7-13(12)18/h5-7,9-10H,3-4,8,19H2,1-2H3. The minimum Gasteiger partial charge on any atom is -0.383 e. The lowest BCUT2D eigenvalue weighted by Gasteiger charge is -2.12. The molecule has 3 nitrogen and oxygen atoms in total. The average Bonchev–Trinajstić information content (AvgIpc) is 3.18. The van der Waals surface area contributed by atoms with Gasteiger partial charge in [-0.25, -0.2) is 13.8 Å². The molecule has 0 spiro atoms. The van der Waals surface area contributed by atoms with Crippen LogP contribution in [0.25, 0.3) is 11.3 Å². The topological polar surface area (TPSA) is 43.8 Å². The molecule has 0 bridgehead atoms. The van der Waals surface area contributed by atoms with Crippen molar-refractivity contribution in [2.24, 2.45) is 5.92 Å². The van der Waals surface area contributed by atoms with E-state index in [0.29, 0.717) is 23.3 Å². The van der Waals surface area contributed by atoms with Crippen molar-refractivity contribution in [1.29, 1.82) is 0 Å². The first kappa shape index (κ1) is 14.0. The van der Waals surface area contributed by atoms with E-state index in [9.17, 15) is 8.78 Å². The third-order valence-corrected chi connectivity index (χ3v) is 3.71. The Balaban J connectivity index is 2.10. The maximum Gasteiger partial charge on any atom is 0.135 e. The Labute approximate surface area is 122 Å². The Hall–Kier alpha value is -1.91. The smallest absolute Gasteiger partial charge is 0.135 e. The fourth-order valence-electron chi connectivity index (χ4n) is 2.57. The second-order valence-electron chi connectivity index (χ2n) is 6.11. The van der Waals surface area contributed by atoms with E-state index in [1.165, 1.54) is 12.1 Å². The summed E-state index contributed by atoms with van der Waals surface area (Å²) < 4.78 is 29.0. The van der Waals surface area contributed by atoms with E-state index in [1.54, 1.807) is 0 Å². The quantitative estimate of drug-likeness (QED) is 0.927. The largest absolute Gasteiger partial charge is 0.383 e. The summed E-state index contributed by atoms with van der Waals surface area (Å²) in [6, 6.07) is 3.50. The molecular weight excluding hydrogens is 272 g/mol. The van der Waals surface area contributed by atoms with Gasteiger partial charge in [0.1, 0.15) is 29.0 Å². The zero-order valence-electron chi connectivity index (χ0n) is 12.2. The van der Waals surface area contributed by atoms with Crippen molar-refractivity contribution in [2.45, 2.75) is 39.2 Å². The SMILES string of the molecule is CC(C)Cn1c(C2CC2)nc(-c2ccc(F)cc2F)c1N. The second-order valence-corrected chi connectivity index (χ2v) is 6.11. The van der Waals surface area contributed by atoms with Gasteiger partial charge < -0.3 is 10.3 Å². The average molecular weight is 291 g/mol. The molecule has 3 rings (SSSR count). The van der Waals surface area contributed by atoms with Crippen molar-refractivity contribution in [1.82, 2.24) is 9.55 Å². The number of nitrogens with zero attached hydrogens (tertiary/aromatic N) is 2. The second kappa shape index (κ2) is 5.13. The summed E-state index contributed by atoms with van der Waals surface area (Å²) in [6.07, 6.45) is 2.19. The Morgan fingerprint density at radius 3 is 2.62 bits per heavy atom. The summed E-state index contributed by atoms with van der Waals surface area (Å²) in [5.41, 5.74) is 6.89. The Morgan fingerprint density at radius 2 is 2.05 bits per heavy atom. The molecule has 1 aromatic carbocycles. The number of nitrogen functional groups attached to an aromatic ring is 1. The summed E-state index contributed by atoms with van der Waals surface area (Å²) in [7, 11) is 0. The van der Waals surface area contributed by atoms with Crippen LogP contribution >= 0.6 is 0 Å². The molecule has 0 amide bonds. The molecule has 1 aliphatic rings. The summed E-state index contributed by atoms with van der Waals surface area (Å²) in [5, 5.41) is 0. The fraction of sp³-hybridized carbons (Fsp3) is 0.438. The number of nitrogens with two attached hydrogens (primary N) is 1. The van der Waals surface area contributed by atoms with Crippen LogP contribution in [0.1, 0.15) is 38.4 Å². The van der Waals surface area contributed by atoms with Gasteiger partial charge in [-0.05, 0) is 30.9 Å². The van der Waals surface area contributed by atoms with Gasteiger partial charge in [0.15, 0.2) is 0 Å². The lowest BCUT2D eigenvalue weighted by Crippen LogP contribution is -2.11. The molecule has 0 atom stereocenters. The summed E-state index contributed by atoms with van der Waals surface area (Å²) in [5.74, 6) is 1.02. The van der Waals surface area contributed by atoms with Gasteiger partial charge >= 0.3 is 0 Å². The maximum atomic E-state index is 14.0. The zero-order valence-corrected chi connectivity index (χ0v) is 12.2. The first-order valence-corrected chi connectivity index (χ1v) is 7.28. The first-order valence-electron chi connectivity index (χ1n) is 7.28. The van der Waals surface area contributed by atoms with Gasteiger partial charge in [-0.3, -0.25) is 0 Å². The summed E-state index contributed by atoms with van der Waals surface area (Å²) >= 11 is 0. The van der Waals surface area contributed by atoms with Crippen molar-refractivity contribution in [3.8, 4) is 11.3 Å². The molecule has 0 saturated heterocycles. The molecule has 112 valence electrons. The molecule has 21 heavy (non-hydrogen) atoms. The highest BCUT2D eigenvalue weighted by Crippen LogP contribution is 2.42. The number of benzene rings is 1. The highest BCUT2D eigenvalue weighted by atomic mass is 19.1. The van der Waals surface area contributed by atoms with E-state index in [0.717, 1.165) is 31.3 Å². The lowest BCUT2D eigenvalue weighted by molar-refractivity contribution is 0.512. The van der Waals surface area contributed by atoms with Crippen molar-refractivity contribution >= 4 is 5.82 Å². The molecule has 2 aromatic rings. The third kappa shape index (κ3) is 2.64. The van der Waals surface area contributed by atoms with Gasteiger partial charge in [0.25, 0.3) is 0 Å². The van der Waals surface area contributed by atoms with E-state index < -0.39 is 11.6 Å². The van der Waals surface area contributed by atoms with Gasteiger partial charge in [-0.15, -0.1) is 0 Å². The molecule has 0 radical (unpaired) electrons. The normalized spacial score (nSPS) is 14.9. The van der Waals surface area contributed by atoms with Crippen LogP contribution in [0, 0.1) is 17.6 Å². The van der Waals surface area contributed by atoms with Crippen LogP contribution in [0.15, 0.2) is 18.2 Å². The summed E-state index contributed by atoms with van der Waals surface area (Å²) in [6.45, 7) is 4.97. The molecule has 1 heterocycles. The van der Waals surface area contributed by atoms with E-state index in [4.69, 9.17) is 5.73 Å². The Bertz CT molecular complexity index is 672. The highest BCUT2D eigenvalue weighted by Gasteiger charge is 2.31. The first-order chi connectivity index (χ1) is 9.97. The van der Waals surface area contributed by atoms with Crippen LogP contribution in [0.3, 0.4) is 0 Å². The van der Waals surface area contributed by atoms with Crippen molar-refractivity contribution in [3.05, 3.63) is 35.7 Å². The highest BCUT2D eigenvalue weighted by molar-refractivity contribution is 5.71. The van der Waals surface area contributed by atoms with E-state index in [1.807, 2.05) is 4.57 Å². The number of hydrogen-bond donors (Lipinski definition) is 1.